The summed E-state index contributed by atoms with van der Waals surface area (Å²) in [7, 11) is 0. The van der Waals surface area contributed by atoms with Crippen LogP contribution < -0.4 is 5.32 Å². The van der Waals surface area contributed by atoms with E-state index in [1.54, 1.807) is 11.3 Å². The van der Waals surface area contributed by atoms with Gasteiger partial charge in [0, 0.05) is 11.4 Å². The zero-order valence-electron chi connectivity index (χ0n) is 10.7. The largest absolute Gasteiger partial charge is 0.316 e. The van der Waals surface area contributed by atoms with E-state index in [0.717, 1.165) is 23.8 Å². The maximum atomic E-state index is 6.07. The normalized spacial score (nSPS) is 12.1. The van der Waals surface area contributed by atoms with E-state index in [4.69, 9.17) is 11.6 Å². The third kappa shape index (κ3) is 4.44. The molecule has 0 bridgehead atoms. The minimum atomic E-state index is 0.361. The average Bonchev–Trinajstić information content (AvgIpc) is 2.53. The van der Waals surface area contributed by atoms with Crippen LogP contribution in [0.2, 0.25) is 4.34 Å². The van der Waals surface area contributed by atoms with E-state index < -0.39 is 0 Å². The van der Waals surface area contributed by atoms with Crippen molar-refractivity contribution < 1.29 is 0 Å². The second-order valence-electron chi connectivity index (χ2n) is 5.11. The van der Waals surface area contributed by atoms with Gasteiger partial charge in [0.05, 0.1) is 4.34 Å². The fourth-order valence-electron chi connectivity index (χ4n) is 1.66. The summed E-state index contributed by atoms with van der Waals surface area (Å²) in [5.74, 6) is 0. The summed E-state index contributed by atoms with van der Waals surface area (Å²) in [5, 5.41) is 3.42. The van der Waals surface area contributed by atoms with Crippen molar-refractivity contribution in [2.45, 2.75) is 40.5 Å². The van der Waals surface area contributed by atoms with Crippen molar-refractivity contribution in [2.24, 2.45) is 5.41 Å². The highest BCUT2D eigenvalue weighted by molar-refractivity contribution is 7.16. The lowest BCUT2D eigenvalue weighted by molar-refractivity contribution is 0.318. The molecule has 0 saturated carbocycles. The van der Waals surface area contributed by atoms with Crippen LogP contribution in [0.3, 0.4) is 0 Å². The van der Waals surface area contributed by atoms with Crippen LogP contribution in [0, 0.1) is 12.3 Å². The molecule has 0 spiro atoms. The predicted octanol–water partition coefficient (Wildman–Crippen LogP) is 4.28. The predicted molar refractivity (Wildman–Crippen MR) is 74.7 cm³/mol. The van der Waals surface area contributed by atoms with Gasteiger partial charge in [-0.05, 0) is 43.4 Å². The molecule has 3 heteroatoms. The van der Waals surface area contributed by atoms with E-state index in [1.165, 1.54) is 16.9 Å². The zero-order chi connectivity index (χ0) is 12.2. The first-order valence-electron chi connectivity index (χ1n) is 5.90. The molecule has 1 N–H and O–H groups in total. The van der Waals surface area contributed by atoms with E-state index in [2.05, 4.69) is 39.1 Å². The van der Waals surface area contributed by atoms with E-state index in [9.17, 15) is 0 Å². The molecule has 1 rings (SSSR count). The van der Waals surface area contributed by atoms with Crippen LogP contribution in [0.25, 0.3) is 0 Å². The molecule has 0 fully saturated rings. The van der Waals surface area contributed by atoms with Crippen molar-refractivity contribution in [3.8, 4) is 0 Å². The van der Waals surface area contributed by atoms with Crippen LogP contribution in [-0.4, -0.2) is 13.1 Å². The Morgan fingerprint density at radius 1 is 1.44 bits per heavy atom. The first-order chi connectivity index (χ1) is 7.44. The van der Waals surface area contributed by atoms with E-state index in [-0.39, 0.29) is 0 Å². The summed E-state index contributed by atoms with van der Waals surface area (Å²) < 4.78 is 0.944. The first-order valence-corrected chi connectivity index (χ1v) is 7.09. The Labute approximate surface area is 108 Å². The van der Waals surface area contributed by atoms with Gasteiger partial charge in [0.1, 0.15) is 0 Å². The molecule has 0 saturated heterocycles. The number of rotatable bonds is 6. The lowest BCUT2D eigenvalue weighted by atomic mass is 9.87. The minimum absolute atomic E-state index is 0.361. The highest BCUT2D eigenvalue weighted by Crippen LogP contribution is 2.30. The van der Waals surface area contributed by atoms with Gasteiger partial charge in [-0.25, -0.2) is 0 Å². The Kier molecular flexibility index (Phi) is 5.29. The number of halogens is 1. The topological polar surface area (TPSA) is 12.0 Å². The Morgan fingerprint density at radius 3 is 2.62 bits per heavy atom. The molecule has 0 aliphatic carbocycles. The van der Waals surface area contributed by atoms with E-state index in [1.807, 2.05) is 0 Å². The lowest BCUT2D eigenvalue weighted by Crippen LogP contribution is -2.29. The number of hydrogen-bond donors (Lipinski definition) is 1. The Morgan fingerprint density at radius 2 is 2.12 bits per heavy atom. The smallest absolute Gasteiger partial charge is 0.0960 e. The molecular weight excluding hydrogens is 238 g/mol. The van der Waals surface area contributed by atoms with Crippen molar-refractivity contribution >= 4 is 22.9 Å². The molecule has 0 atom stereocenters. The van der Waals surface area contributed by atoms with Crippen LogP contribution >= 0.6 is 22.9 Å². The summed E-state index contributed by atoms with van der Waals surface area (Å²) in [6, 6.07) is 2.22. The van der Waals surface area contributed by atoms with Gasteiger partial charge in [-0.1, -0.05) is 32.4 Å². The first kappa shape index (κ1) is 14.0. The van der Waals surface area contributed by atoms with Crippen molar-refractivity contribution in [1.82, 2.24) is 5.32 Å². The summed E-state index contributed by atoms with van der Waals surface area (Å²) in [6.45, 7) is 11.0. The minimum Gasteiger partial charge on any atom is -0.316 e. The quantitative estimate of drug-likeness (QED) is 0.804. The number of hydrogen-bond acceptors (Lipinski definition) is 2. The fourth-order valence-corrected chi connectivity index (χ4v) is 2.90. The highest BCUT2D eigenvalue weighted by atomic mass is 35.5. The zero-order valence-corrected chi connectivity index (χ0v) is 12.3. The molecule has 0 unspecified atom stereocenters. The molecule has 0 aliphatic heterocycles. The number of thiophene rings is 1. The fraction of sp³-hybridized carbons (Fsp3) is 0.692. The number of aryl methyl sites for hydroxylation is 2. The standard InChI is InChI=1S/C13H22ClNS/c1-5-15-9-13(3,4)7-6-11-8-10(2)12(14)16-11/h8,15H,5-7,9H2,1-4H3. The molecule has 92 valence electrons. The average molecular weight is 260 g/mol. The van der Waals surface area contributed by atoms with E-state index >= 15 is 0 Å². The maximum Gasteiger partial charge on any atom is 0.0960 e. The molecule has 1 aromatic heterocycles. The van der Waals surface area contributed by atoms with Gasteiger partial charge in [-0.15, -0.1) is 11.3 Å². The molecule has 1 heterocycles. The Bertz CT molecular complexity index is 311. The molecule has 1 nitrogen and oxygen atoms in total. The van der Waals surface area contributed by atoms with Crippen molar-refractivity contribution in [3.63, 3.8) is 0 Å². The molecule has 0 amide bonds. The lowest BCUT2D eigenvalue weighted by Gasteiger charge is -2.24. The second kappa shape index (κ2) is 6.04. The number of nitrogens with one attached hydrogen (secondary N) is 1. The monoisotopic (exact) mass is 259 g/mol. The van der Waals surface area contributed by atoms with Crippen LogP contribution in [0.4, 0.5) is 0 Å². The molecular formula is C13H22ClNS. The Hall–Kier alpha value is -0.0500. The van der Waals surface area contributed by atoms with Crippen LogP contribution in [0.15, 0.2) is 6.07 Å². The van der Waals surface area contributed by atoms with Crippen molar-refractivity contribution in [2.75, 3.05) is 13.1 Å². The third-order valence-corrected chi connectivity index (χ3v) is 4.42. The van der Waals surface area contributed by atoms with Gasteiger partial charge >= 0.3 is 0 Å². The summed E-state index contributed by atoms with van der Waals surface area (Å²) in [5.41, 5.74) is 1.58. The summed E-state index contributed by atoms with van der Waals surface area (Å²) in [4.78, 5) is 1.41. The summed E-state index contributed by atoms with van der Waals surface area (Å²) >= 11 is 7.79. The van der Waals surface area contributed by atoms with Gasteiger partial charge in [-0.3, -0.25) is 0 Å². The molecule has 16 heavy (non-hydrogen) atoms. The Balaban J connectivity index is 2.44. The van der Waals surface area contributed by atoms with Gasteiger partial charge in [0.2, 0.25) is 0 Å². The molecule has 0 radical (unpaired) electrons. The van der Waals surface area contributed by atoms with E-state index in [0.29, 0.717) is 5.41 Å². The van der Waals surface area contributed by atoms with Gasteiger partial charge in [0.25, 0.3) is 0 Å². The third-order valence-electron chi connectivity index (χ3n) is 2.81. The van der Waals surface area contributed by atoms with Crippen LogP contribution in [0.1, 0.15) is 37.6 Å². The van der Waals surface area contributed by atoms with Crippen LogP contribution in [0.5, 0.6) is 0 Å². The van der Waals surface area contributed by atoms with Crippen molar-refractivity contribution in [1.29, 1.82) is 0 Å². The van der Waals surface area contributed by atoms with Gasteiger partial charge in [-0.2, -0.15) is 0 Å². The molecule has 1 aromatic rings. The van der Waals surface area contributed by atoms with Gasteiger partial charge in [0.15, 0.2) is 0 Å². The maximum absolute atomic E-state index is 6.07. The van der Waals surface area contributed by atoms with Crippen molar-refractivity contribution in [3.05, 3.63) is 20.8 Å². The highest BCUT2D eigenvalue weighted by Gasteiger charge is 2.17. The van der Waals surface area contributed by atoms with Crippen LogP contribution in [-0.2, 0) is 6.42 Å². The molecule has 0 aliphatic rings. The SMILES string of the molecule is CCNCC(C)(C)CCc1cc(C)c(Cl)s1. The summed E-state index contributed by atoms with van der Waals surface area (Å²) in [6.07, 6.45) is 2.34. The second-order valence-corrected chi connectivity index (χ2v) is 6.85. The van der Waals surface area contributed by atoms with Gasteiger partial charge < -0.3 is 5.32 Å². The molecule has 0 aromatic carbocycles.